The zero-order valence-corrected chi connectivity index (χ0v) is 19.8. The summed E-state index contributed by atoms with van der Waals surface area (Å²) in [6.45, 7) is 0. The van der Waals surface area contributed by atoms with Crippen molar-refractivity contribution in [2.45, 2.75) is 9.79 Å². The van der Waals surface area contributed by atoms with Crippen LogP contribution in [0.4, 0.5) is 0 Å². The van der Waals surface area contributed by atoms with E-state index in [1.54, 1.807) is 9.44 Å². The molecule has 0 unspecified atom stereocenters. The number of sulfonamides is 2. The summed E-state index contributed by atoms with van der Waals surface area (Å²) in [5.74, 6) is -4.34. The monoisotopic (exact) mass is 554 g/mol. The standard InChI is InChI=1S/C16H14N2O12S4/c19-15-11-3-1-9(33(27,28)17-7-31(21,22)23)5-13(11)16(20)12-4-2-10(6-14(12)15)34(29,30)18-8-32(24,25)26/h1-6,17-18H,7-8H2,(H,21,22,23)(H,24,25,26). The van der Waals surface area contributed by atoms with E-state index in [4.69, 9.17) is 9.11 Å². The molecule has 1 aliphatic rings. The van der Waals surface area contributed by atoms with Gasteiger partial charge in [-0.3, -0.25) is 18.7 Å². The molecule has 34 heavy (non-hydrogen) atoms. The minimum absolute atomic E-state index is 0.272. The molecule has 0 radical (unpaired) electrons. The van der Waals surface area contributed by atoms with Gasteiger partial charge in [-0.15, -0.1) is 0 Å². The summed E-state index contributed by atoms with van der Waals surface area (Å²) in [6.07, 6.45) is 0. The topological polar surface area (TPSA) is 235 Å². The molecule has 0 saturated heterocycles. The molecule has 0 amide bonds. The number of nitrogens with one attached hydrogen (secondary N) is 2. The number of fused-ring (bicyclic) bond motifs is 2. The van der Waals surface area contributed by atoms with E-state index in [1.807, 2.05) is 0 Å². The van der Waals surface area contributed by atoms with Gasteiger partial charge in [0.05, 0.1) is 9.79 Å². The molecule has 184 valence electrons. The summed E-state index contributed by atoms with van der Waals surface area (Å²) in [4.78, 5) is 24.6. The molecule has 0 heterocycles. The summed E-state index contributed by atoms with van der Waals surface area (Å²) in [5.41, 5.74) is -1.25. The van der Waals surface area contributed by atoms with Gasteiger partial charge in [-0.25, -0.2) is 16.8 Å². The lowest BCUT2D eigenvalue weighted by Crippen LogP contribution is -2.30. The van der Waals surface area contributed by atoms with Gasteiger partial charge in [-0.1, -0.05) is 0 Å². The number of hydrogen-bond donors (Lipinski definition) is 4. The quantitative estimate of drug-likeness (QED) is 0.238. The van der Waals surface area contributed by atoms with Crippen LogP contribution in [0.15, 0.2) is 46.2 Å². The van der Waals surface area contributed by atoms with E-state index in [0.717, 1.165) is 36.4 Å². The molecule has 0 aliphatic heterocycles. The van der Waals surface area contributed by atoms with Crippen molar-refractivity contribution in [3.8, 4) is 0 Å². The van der Waals surface area contributed by atoms with Gasteiger partial charge in [0.1, 0.15) is 11.8 Å². The highest BCUT2D eigenvalue weighted by atomic mass is 32.2. The molecule has 0 saturated carbocycles. The van der Waals surface area contributed by atoms with Crippen LogP contribution >= 0.6 is 0 Å². The van der Waals surface area contributed by atoms with E-state index < -0.39 is 73.4 Å². The second kappa shape index (κ2) is 8.57. The Morgan fingerprint density at radius 1 is 0.559 bits per heavy atom. The highest BCUT2D eigenvalue weighted by Gasteiger charge is 2.33. The molecular weight excluding hydrogens is 540 g/mol. The third-order valence-electron chi connectivity index (χ3n) is 4.44. The highest BCUT2D eigenvalue weighted by molar-refractivity contribution is 7.92. The zero-order chi connectivity index (χ0) is 25.7. The molecular formula is C16H14N2O12S4. The smallest absolute Gasteiger partial charge is 0.279 e. The fraction of sp³-hybridized carbons (Fsp3) is 0.125. The molecule has 4 N–H and O–H groups in total. The lowest BCUT2D eigenvalue weighted by atomic mass is 9.84. The predicted molar refractivity (Wildman–Crippen MR) is 113 cm³/mol. The Kier molecular flexibility index (Phi) is 6.56. The number of rotatable bonds is 8. The zero-order valence-electron chi connectivity index (χ0n) is 16.5. The van der Waals surface area contributed by atoms with E-state index in [9.17, 15) is 43.3 Å². The largest absolute Gasteiger partial charge is 0.289 e. The SMILES string of the molecule is O=C1c2ccc(S(=O)(=O)NCS(=O)(=O)O)cc2C(=O)c2ccc(S(=O)(=O)NCS(=O)(=O)O)cc21. The van der Waals surface area contributed by atoms with Gasteiger partial charge in [0.15, 0.2) is 11.6 Å². The predicted octanol–water partition coefficient (Wildman–Crippen LogP) is -1.29. The highest BCUT2D eigenvalue weighted by Crippen LogP contribution is 2.30. The van der Waals surface area contributed by atoms with E-state index in [1.165, 1.54) is 0 Å². The van der Waals surface area contributed by atoms with Crippen LogP contribution in [-0.4, -0.2) is 66.1 Å². The van der Waals surface area contributed by atoms with Gasteiger partial charge >= 0.3 is 0 Å². The van der Waals surface area contributed by atoms with Crippen molar-refractivity contribution in [1.29, 1.82) is 0 Å². The minimum atomic E-state index is -4.68. The maximum atomic E-state index is 12.9. The van der Waals surface area contributed by atoms with Crippen LogP contribution in [0.3, 0.4) is 0 Å². The lowest BCUT2D eigenvalue weighted by Gasteiger charge is -2.19. The summed E-state index contributed by atoms with van der Waals surface area (Å²) in [6, 6.07) is 5.38. The van der Waals surface area contributed by atoms with Crippen LogP contribution in [0.1, 0.15) is 31.8 Å². The van der Waals surface area contributed by atoms with Crippen molar-refractivity contribution in [2.24, 2.45) is 0 Å². The summed E-state index contributed by atoms with van der Waals surface area (Å²) in [5, 5.41) is 0. The Morgan fingerprint density at radius 3 is 1.18 bits per heavy atom. The first kappa shape index (κ1) is 26.0. The molecule has 0 bridgehead atoms. The van der Waals surface area contributed by atoms with Crippen LogP contribution in [-0.2, 0) is 40.3 Å². The molecule has 14 nitrogen and oxygen atoms in total. The molecule has 0 spiro atoms. The molecule has 18 heteroatoms. The molecule has 0 atom stereocenters. The fourth-order valence-corrected chi connectivity index (χ4v) is 6.72. The van der Waals surface area contributed by atoms with E-state index in [0.29, 0.717) is 0 Å². The summed E-state index contributed by atoms with van der Waals surface area (Å²) < 4.78 is 113. The van der Waals surface area contributed by atoms with E-state index in [-0.39, 0.29) is 22.3 Å². The van der Waals surface area contributed by atoms with Gasteiger partial charge in [0, 0.05) is 22.3 Å². The van der Waals surface area contributed by atoms with Gasteiger partial charge in [-0.2, -0.15) is 26.3 Å². The van der Waals surface area contributed by atoms with Crippen LogP contribution in [0.2, 0.25) is 0 Å². The Bertz CT molecular complexity index is 1530. The molecule has 3 rings (SSSR count). The van der Waals surface area contributed by atoms with Crippen molar-refractivity contribution >= 4 is 51.8 Å². The maximum Gasteiger partial charge on any atom is 0.279 e. The van der Waals surface area contributed by atoms with Gasteiger partial charge in [0.25, 0.3) is 20.2 Å². The molecule has 1 aliphatic carbocycles. The Labute approximate surface area is 193 Å². The number of carbonyl (C=O) groups excluding carboxylic acids is 2. The average molecular weight is 555 g/mol. The second-order valence-corrected chi connectivity index (χ2v) is 13.3. The van der Waals surface area contributed by atoms with Gasteiger partial charge < -0.3 is 0 Å². The number of hydrogen-bond acceptors (Lipinski definition) is 10. The lowest BCUT2D eigenvalue weighted by molar-refractivity contribution is 0.0978. The van der Waals surface area contributed by atoms with Gasteiger partial charge in [0.2, 0.25) is 20.0 Å². The third kappa shape index (κ3) is 5.55. The first-order chi connectivity index (χ1) is 15.4. The third-order valence-corrected chi connectivity index (χ3v) is 8.63. The number of carbonyl (C=O) groups is 2. The molecule has 0 aromatic heterocycles. The molecule has 0 fully saturated rings. The van der Waals surface area contributed by atoms with Crippen molar-refractivity contribution < 1.29 is 52.4 Å². The van der Waals surface area contributed by atoms with Gasteiger partial charge in [-0.05, 0) is 36.4 Å². The number of benzene rings is 2. The van der Waals surface area contributed by atoms with Crippen molar-refractivity contribution in [2.75, 3.05) is 11.8 Å². The van der Waals surface area contributed by atoms with Crippen LogP contribution in [0.5, 0.6) is 0 Å². The van der Waals surface area contributed by atoms with E-state index >= 15 is 0 Å². The second-order valence-electron chi connectivity index (χ2n) is 6.82. The van der Waals surface area contributed by atoms with Crippen molar-refractivity contribution in [1.82, 2.24) is 9.44 Å². The van der Waals surface area contributed by atoms with Crippen LogP contribution in [0, 0.1) is 0 Å². The van der Waals surface area contributed by atoms with E-state index in [2.05, 4.69) is 0 Å². The number of ketones is 2. The van der Waals surface area contributed by atoms with Crippen molar-refractivity contribution in [3.05, 3.63) is 58.7 Å². The fourth-order valence-electron chi connectivity index (χ4n) is 2.91. The van der Waals surface area contributed by atoms with Crippen LogP contribution in [0.25, 0.3) is 0 Å². The average Bonchev–Trinajstić information content (AvgIpc) is 2.73. The normalized spacial score (nSPS) is 14.5. The first-order valence-electron chi connectivity index (χ1n) is 8.68. The first-order valence-corrected chi connectivity index (χ1v) is 14.9. The Balaban J connectivity index is 2.01. The molecule has 2 aromatic carbocycles. The van der Waals surface area contributed by atoms with Crippen molar-refractivity contribution in [3.63, 3.8) is 0 Å². The summed E-state index contributed by atoms with van der Waals surface area (Å²) in [7, 11) is -18.4. The van der Waals surface area contributed by atoms with Crippen LogP contribution < -0.4 is 9.44 Å². The maximum absolute atomic E-state index is 12.9. The Morgan fingerprint density at radius 2 is 0.882 bits per heavy atom. The minimum Gasteiger partial charge on any atom is -0.289 e. The molecule has 2 aromatic rings. The Hall–Kier alpha value is -2.58. The summed E-state index contributed by atoms with van der Waals surface area (Å²) >= 11 is 0.